The fourth-order valence-corrected chi connectivity index (χ4v) is 3.63. The molecule has 1 aromatic rings. The molecule has 1 fully saturated rings. The minimum absolute atomic E-state index is 0.0625. The molecule has 2 unspecified atom stereocenters. The van der Waals surface area contributed by atoms with E-state index in [4.69, 9.17) is 5.14 Å². The van der Waals surface area contributed by atoms with Gasteiger partial charge in [-0.15, -0.1) is 0 Å². The second kappa shape index (κ2) is 5.71. The molecule has 0 bridgehead atoms. The predicted molar refractivity (Wildman–Crippen MR) is 78.9 cm³/mol. The highest BCUT2D eigenvalue weighted by molar-refractivity contribution is 7.89. The van der Waals surface area contributed by atoms with Crippen molar-refractivity contribution in [3.05, 3.63) is 24.3 Å². The van der Waals surface area contributed by atoms with Gasteiger partial charge in [-0.25, -0.2) is 13.6 Å². The molecule has 1 aliphatic carbocycles. The van der Waals surface area contributed by atoms with Crippen molar-refractivity contribution < 1.29 is 13.5 Å². The van der Waals surface area contributed by atoms with Gasteiger partial charge in [0.15, 0.2) is 0 Å². The number of nitrogens with two attached hydrogens (primary N) is 1. The molecule has 20 heavy (non-hydrogen) atoms. The number of primary sulfonamides is 1. The highest BCUT2D eigenvalue weighted by Crippen LogP contribution is 2.32. The van der Waals surface area contributed by atoms with E-state index >= 15 is 0 Å². The topological polar surface area (TPSA) is 92.4 Å². The first-order chi connectivity index (χ1) is 9.30. The summed E-state index contributed by atoms with van der Waals surface area (Å²) in [6, 6.07) is 6.49. The van der Waals surface area contributed by atoms with Crippen molar-refractivity contribution in [1.29, 1.82) is 0 Å². The Morgan fingerprint density at radius 1 is 1.45 bits per heavy atom. The molecule has 2 atom stereocenters. The van der Waals surface area contributed by atoms with Crippen LogP contribution in [0.15, 0.2) is 29.2 Å². The van der Waals surface area contributed by atoms with Crippen LogP contribution in [0.2, 0.25) is 0 Å². The Kier molecular flexibility index (Phi) is 4.36. The van der Waals surface area contributed by atoms with Gasteiger partial charge in [-0.05, 0) is 30.9 Å². The summed E-state index contributed by atoms with van der Waals surface area (Å²) < 4.78 is 23.0. The Hall–Kier alpha value is -1.11. The number of hydrogen-bond acceptors (Lipinski definition) is 4. The van der Waals surface area contributed by atoms with Gasteiger partial charge in [0.1, 0.15) is 4.90 Å². The summed E-state index contributed by atoms with van der Waals surface area (Å²) in [6.45, 7) is 2.46. The Balaban J connectivity index is 2.12. The number of nitrogens with one attached hydrogen (secondary N) is 1. The highest BCUT2D eigenvalue weighted by Gasteiger charge is 2.32. The molecule has 6 heteroatoms. The van der Waals surface area contributed by atoms with Crippen LogP contribution in [0.5, 0.6) is 0 Å². The van der Waals surface area contributed by atoms with E-state index in [1.165, 1.54) is 6.07 Å². The SMILES string of the molecule is CC1CCCC(O)(CNc2ccccc2S(N)(=O)=O)C1. The third kappa shape index (κ3) is 3.71. The first kappa shape index (κ1) is 15.3. The average Bonchev–Trinajstić information content (AvgIpc) is 2.35. The maximum Gasteiger partial charge on any atom is 0.240 e. The van der Waals surface area contributed by atoms with Gasteiger partial charge in [0, 0.05) is 6.54 Å². The van der Waals surface area contributed by atoms with E-state index in [1.807, 2.05) is 0 Å². The van der Waals surface area contributed by atoms with Crippen LogP contribution in [0.3, 0.4) is 0 Å². The van der Waals surface area contributed by atoms with Crippen molar-refractivity contribution in [2.75, 3.05) is 11.9 Å². The van der Waals surface area contributed by atoms with Crippen LogP contribution in [-0.4, -0.2) is 25.7 Å². The van der Waals surface area contributed by atoms with E-state index in [9.17, 15) is 13.5 Å². The molecule has 112 valence electrons. The Morgan fingerprint density at radius 2 is 2.15 bits per heavy atom. The first-order valence-electron chi connectivity index (χ1n) is 6.88. The van der Waals surface area contributed by atoms with Gasteiger partial charge >= 0.3 is 0 Å². The summed E-state index contributed by atoms with van der Waals surface area (Å²) in [5, 5.41) is 18.8. The zero-order valence-electron chi connectivity index (χ0n) is 11.7. The zero-order valence-corrected chi connectivity index (χ0v) is 12.5. The van der Waals surface area contributed by atoms with Gasteiger partial charge in [-0.3, -0.25) is 0 Å². The molecular formula is C14H22N2O3S. The van der Waals surface area contributed by atoms with E-state index in [-0.39, 0.29) is 4.90 Å². The predicted octanol–water partition coefficient (Wildman–Crippen LogP) is 1.69. The third-order valence-electron chi connectivity index (χ3n) is 3.87. The smallest absolute Gasteiger partial charge is 0.240 e. The molecule has 0 radical (unpaired) electrons. The monoisotopic (exact) mass is 298 g/mol. The van der Waals surface area contributed by atoms with Crippen LogP contribution in [0.4, 0.5) is 5.69 Å². The van der Waals surface area contributed by atoms with Gasteiger partial charge in [0.05, 0.1) is 11.3 Å². The molecule has 1 aliphatic rings. The van der Waals surface area contributed by atoms with E-state index in [0.717, 1.165) is 25.7 Å². The van der Waals surface area contributed by atoms with Crippen molar-refractivity contribution in [3.8, 4) is 0 Å². The lowest BCUT2D eigenvalue weighted by molar-refractivity contribution is -0.000805. The zero-order chi connectivity index (χ0) is 14.8. The Morgan fingerprint density at radius 3 is 2.80 bits per heavy atom. The summed E-state index contributed by atoms with van der Waals surface area (Å²) in [4.78, 5) is 0.0625. The number of rotatable bonds is 4. The molecule has 5 nitrogen and oxygen atoms in total. The molecule has 1 saturated carbocycles. The maximum absolute atomic E-state index is 11.5. The van der Waals surface area contributed by atoms with Crippen molar-refractivity contribution >= 4 is 15.7 Å². The number of hydrogen-bond donors (Lipinski definition) is 3. The van der Waals surface area contributed by atoms with Gasteiger partial charge in [-0.1, -0.05) is 31.9 Å². The Bertz CT molecular complexity index is 574. The molecular weight excluding hydrogens is 276 g/mol. The lowest BCUT2D eigenvalue weighted by atomic mass is 9.79. The second-order valence-corrected chi connectivity index (χ2v) is 7.35. The fraction of sp³-hybridized carbons (Fsp3) is 0.571. The van der Waals surface area contributed by atoms with E-state index in [1.54, 1.807) is 18.2 Å². The number of anilines is 1. The maximum atomic E-state index is 11.5. The van der Waals surface area contributed by atoms with Crippen LogP contribution >= 0.6 is 0 Å². The van der Waals surface area contributed by atoms with E-state index in [0.29, 0.717) is 18.2 Å². The third-order valence-corrected chi connectivity index (χ3v) is 4.84. The van der Waals surface area contributed by atoms with Crippen LogP contribution in [0.25, 0.3) is 0 Å². The molecule has 2 rings (SSSR count). The largest absolute Gasteiger partial charge is 0.388 e. The van der Waals surface area contributed by atoms with Crippen LogP contribution in [-0.2, 0) is 10.0 Å². The van der Waals surface area contributed by atoms with E-state index in [2.05, 4.69) is 12.2 Å². The number of aliphatic hydroxyl groups is 1. The van der Waals surface area contributed by atoms with Crippen molar-refractivity contribution in [2.24, 2.45) is 11.1 Å². The normalized spacial score (nSPS) is 27.2. The lowest BCUT2D eigenvalue weighted by Gasteiger charge is -2.36. The standard InChI is InChI=1S/C14H22N2O3S/c1-11-5-4-8-14(17,9-11)10-16-12-6-2-3-7-13(12)20(15,18)19/h2-3,6-7,11,16-17H,4-5,8-10H2,1H3,(H2,15,18,19). The molecule has 4 N–H and O–H groups in total. The Labute approximate surface area is 120 Å². The fourth-order valence-electron chi connectivity index (χ4n) is 2.91. The number of benzene rings is 1. The minimum atomic E-state index is -3.76. The second-order valence-electron chi connectivity index (χ2n) is 5.82. The molecule has 1 aromatic carbocycles. The molecule has 0 heterocycles. The highest BCUT2D eigenvalue weighted by atomic mass is 32.2. The molecule has 0 spiro atoms. The summed E-state index contributed by atoms with van der Waals surface area (Å²) in [5.74, 6) is 0.490. The van der Waals surface area contributed by atoms with E-state index < -0.39 is 15.6 Å². The van der Waals surface area contributed by atoms with Crippen LogP contribution < -0.4 is 10.5 Å². The van der Waals surface area contributed by atoms with Crippen LogP contribution in [0, 0.1) is 5.92 Å². The lowest BCUT2D eigenvalue weighted by Crippen LogP contribution is -2.41. The molecule has 0 aliphatic heterocycles. The average molecular weight is 298 g/mol. The van der Waals surface area contributed by atoms with Gasteiger partial charge in [0.2, 0.25) is 10.0 Å². The molecule has 0 amide bonds. The summed E-state index contributed by atoms with van der Waals surface area (Å²) in [6.07, 6.45) is 3.60. The summed E-state index contributed by atoms with van der Waals surface area (Å²) in [5.41, 5.74) is -0.329. The first-order valence-corrected chi connectivity index (χ1v) is 8.43. The molecule has 0 aromatic heterocycles. The van der Waals surface area contributed by atoms with Crippen molar-refractivity contribution in [2.45, 2.75) is 43.1 Å². The van der Waals surface area contributed by atoms with Gasteiger partial charge < -0.3 is 10.4 Å². The van der Waals surface area contributed by atoms with Crippen molar-refractivity contribution in [1.82, 2.24) is 0 Å². The van der Waals surface area contributed by atoms with Crippen LogP contribution in [0.1, 0.15) is 32.6 Å². The number of para-hydroxylation sites is 1. The minimum Gasteiger partial charge on any atom is -0.388 e. The summed E-state index contributed by atoms with van der Waals surface area (Å²) >= 11 is 0. The summed E-state index contributed by atoms with van der Waals surface area (Å²) in [7, 11) is -3.76. The molecule has 0 saturated heterocycles. The quantitative estimate of drug-likeness (QED) is 0.788. The van der Waals surface area contributed by atoms with Crippen molar-refractivity contribution in [3.63, 3.8) is 0 Å². The van der Waals surface area contributed by atoms with Gasteiger partial charge in [-0.2, -0.15) is 0 Å². The number of sulfonamides is 1. The van der Waals surface area contributed by atoms with Gasteiger partial charge in [0.25, 0.3) is 0 Å².